The predicted octanol–water partition coefficient (Wildman–Crippen LogP) is 4.13. The maximum atomic E-state index is 14.0. The van der Waals surface area contributed by atoms with Crippen LogP contribution in [0.5, 0.6) is 0 Å². The number of halogens is 2. The summed E-state index contributed by atoms with van der Waals surface area (Å²) in [5.41, 5.74) is 7.70. The second kappa shape index (κ2) is 5.22. The second-order valence-corrected chi connectivity index (χ2v) is 5.15. The summed E-state index contributed by atoms with van der Waals surface area (Å²) in [6, 6.07) is 14.0. The molecule has 2 aromatic carbocycles. The highest BCUT2D eigenvalue weighted by Crippen LogP contribution is 2.33. The third kappa shape index (κ3) is 2.38. The third-order valence-electron chi connectivity index (χ3n) is 3.35. The summed E-state index contributed by atoms with van der Waals surface area (Å²) in [5.74, 6) is 0.682. The molecule has 0 bridgehead atoms. The normalized spacial score (nSPS) is 10.8. The van der Waals surface area contributed by atoms with Gasteiger partial charge in [0.05, 0.1) is 0 Å². The summed E-state index contributed by atoms with van der Waals surface area (Å²) >= 11 is 5.94. The first-order chi connectivity index (χ1) is 10.1. The van der Waals surface area contributed by atoms with Crippen LogP contribution in [-0.2, 0) is 7.05 Å². The molecule has 0 aliphatic rings. The lowest BCUT2D eigenvalue weighted by molar-refractivity contribution is 0.631. The van der Waals surface area contributed by atoms with Gasteiger partial charge in [0.1, 0.15) is 23.2 Å². The van der Waals surface area contributed by atoms with Crippen LogP contribution in [0.1, 0.15) is 0 Å². The lowest BCUT2D eigenvalue weighted by Gasteiger charge is -2.03. The number of hydrogen-bond donors (Lipinski definition) is 1. The molecule has 0 atom stereocenters. The molecular formula is C16H13ClFN3. The van der Waals surface area contributed by atoms with E-state index < -0.39 is 5.82 Å². The van der Waals surface area contributed by atoms with Gasteiger partial charge in [-0.15, -0.1) is 0 Å². The number of hydrogen-bond acceptors (Lipinski definition) is 2. The summed E-state index contributed by atoms with van der Waals surface area (Å²) in [6.45, 7) is 0. The maximum absolute atomic E-state index is 14.0. The van der Waals surface area contributed by atoms with Gasteiger partial charge in [0.15, 0.2) is 0 Å². The molecule has 0 amide bonds. The highest BCUT2D eigenvalue weighted by atomic mass is 35.5. The molecule has 106 valence electrons. The Hall–Kier alpha value is -2.33. The Bertz CT molecular complexity index is 797. The van der Waals surface area contributed by atoms with Gasteiger partial charge in [0.25, 0.3) is 0 Å². The molecule has 3 rings (SSSR count). The van der Waals surface area contributed by atoms with E-state index in [0.717, 1.165) is 5.56 Å². The van der Waals surface area contributed by atoms with Gasteiger partial charge in [-0.05, 0) is 18.2 Å². The van der Waals surface area contributed by atoms with Gasteiger partial charge in [-0.2, -0.15) is 0 Å². The quantitative estimate of drug-likeness (QED) is 0.773. The Morgan fingerprint density at radius 2 is 1.86 bits per heavy atom. The van der Waals surface area contributed by atoms with E-state index in [1.807, 2.05) is 30.3 Å². The molecule has 0 saturated heterocycles. The molecule has 0 unspecified atom stereocenters. The summed E-state index contributed by atoms with van der Waals surface area (Å²) < 4.78 is 15.8. The molecule has 2 N–H and O–H groups in total. The Kier molecular flexibility index (Phi) is 3.39. The van der Waals surface area contributed by atoms with E-state index >= 15 is 0 Å². The molecule has 0 radical (unpaired) electrons. The number of nitrogens with two attached hydrogens (primary N) is 1. The number of aromatic nitrogens is 2. The Morgan fingerprint density at radius 3 is 2.57 bits per heavy atom. The van der Waals surface area contributed by atoms with Crippen LogP contribution >= 0.6 is 11.6 Å². The Balaban J connectivity index is 2.20. The van der Waals surface area contributed by atoms with Crippen LogP contribution in [0.4, 0.5) is 10.2 Å². The van der Waals surface area contributed by atoms with Crippen LogP contribution in [0.2, 0.25) is 5.02 Å². The van der Waals surface area contributed by atoms with Gasteiger partial charge < -0.3 is 10.3 Å². The summed E-state index contributed by atoms with van der Waals surface area (Å²) in [6.07, 6.45) is 0. The monoisotopic (exact) mass is 301 g/mol. The van der Waals surface area contributed by atoms with Gasteiger partial charge in [-0.1, -0.05) is 41.9 Å². The molecular weight excluding hydrogens is 289 g/mol. The van der Waals surface area contributed by atoms with Gasteiger partial charge in [-0.25, -0.2) is 9.37 Å². The predicted molar refractivity (Wildman–Crippen MR) is 83.5 cm³/mol. The standard InChI is InChI=1S/C16H13ClFN3/c1-21-15(19)14(12-9-11(17)7-8-13(12)18)20-16(21)10-5-3-2-4-6-10/h2-9H,19H2,1H3. The summed E-state index contributed by atoms with van der Waals surface area (Å²) in [5, 5.41) is 0.442. The van der Waals surface area contributed by atoms with E-state index in [0.29, 0.717) is 27.9 Å². The van der Waals surface area contributed by atoms with E-state index in [-0.39, 0.29) is 0 Å². The minimum absolute atomic E-state index is 0.304. The zero-order valence-corrected chi connectivity index (χ0v) is 12.1. The smallest absolute Gasteiger partial charge is 0.142 e. The zero-order valence-electron chi connectivity index (χ0n) is 11.3. The van der Waals surface area contributed by atoms with Crippen molar-refractivity contribution in [3.63, 3.8) is 0 Å². The molecule has 1 heterocycles. The number of nitrogen functional groups attached to an aromatic ring is 1. The molecule has 0 aliphatic carbocycles. The third-order valence-corrected chi connectivity index (χ3v) is 3.59. The first kappa shape index (κ1) is 13.6. The largest absolute Gasteiger partial charge is 0.383 e. The van der Waals surface area contributed by atoms with Crippen LogP contribution in [0, 0.1) is 5.82 Å². The number of benzene rings is 2. The molecule has 0 saturated carbocycles. The fourth-order valence-corrected chi connectivity index (χ4v) is 2.41. The fourth-order valence-electron chi connectivity index (χ4n) is 2.23. The van der Waals surface area contributed by atoms with Crippen LogP contribution in [-0.4, -0.2) is 9.55 Å². The average molecular weight is 302 g/mol. The van der Waals surface area contributed by atoms with E-state index in [1.54, 1.807) is 11.6 Å². The van der Waals surface area contributed by atoms with Crippen molar-refractivity contribution in [2.45, 2.75) is 0 Å². The van der Waals surface area contributed by atoms with Crippen molar-refractivity contribution in [3.8, 4) is 22.6 Å². The van der Waals surface area contributed by atoms with Crippen molar-refractivity contribution in [1.82, 2.24) is 9.55 Å². The molecule has 0 aliphatic heterocycles. The Labute approximate surface area is 126 Å². The maximum Gasteiger partial charge on any atom is 0.142 e. The molecule has 0 spiro atoms. The molecule has 3 aromatic rings. The van der Waals surface area contributed by atoms with Crippen molar-refractivity contribution in [1.29, 1.82) is 0 Å². The molecule has 3 nitrogen and oxygen atoms in total. The van der Waals surface area contributed by atoms with E-state index in [9.17, 15) is 4.39 Å². The number of nitrogens with zero attached hydrogens (tertiary/aromatic N) is 2. The van der Waals surface area contributed by atoms with E-state index in [2.05, 4.69) is 4.98 Å². The zero-order chi connectivity index (χ0) is 15.0. The lowest BCUT2D eigenvalue weighted by Crippen LogP contribution is -1.99. The first-order valence-electron chi connectivity index (χ1n) is 6.41. The lowest BCUT2D eigenvalue weighted by atomic mass is 10.1. The van der Waals surface area contributed by atoms with Gasteiger partial charge in [-0.3, -0.25) is 0 Å². The van der Waals surface area contributed by atoms with Gasteiger partial charge in [0, 0.05) is 23.2 Å². The number of imidazole rings is 1. The fraction of sp³-hybridized carbons (Fsp3) is 0.0625. The molecule has 0 fully saturated rings. The Morgan fingerprint density at radius 1 is 1.14 bits per heavy atom. The van der Waals surface area contributed by atoms with Crippen LogP contribution < -0.4 is 5.73 Å². The first-order valence-corrected chi connectivity index (χ1v) is 6.78. The number of rotatable bonds is 2. The van der Waals surface area contributed by atoms with Crippen molar-refractivity contribution in [2.24, 2.45) is 7.05 Å². The molecule has 1 aromatic heterocycles. The van der Waals surface area contributed by atoms with Crippen molar-refractivity contribution < 1.29 is 4.39 Å². The average Bonchev–Trinajstić information content (AvgIpc) is 2.79. The van der Waals surface area contributed by atoms with E-state index in [1.165, 1.54) is 18.2 Å². The minimum atomic E-state index is -0.399. The van der Waals surface area contributed by atoms with Gasteiger partial charge in [0.2, 0.25) is 0 Å². The van der Waals surface area contributed by atoms with Crippen LogP contribution in [0.15, 0.2) is 48.5 Å². The SMILES string of the molecule is Cn1c(-c2ccccc2)nc(-c2cc(Cl)ccc2F)c1N. The minimum Gasteiger partial charge on any atom is -0.383 e. The summed E-state index contributed by atoms with van der Waals surface area (Å²) in [7, 11) is 1.80. The van der Waals surface area contributed by atoms with Gasteiger partial charge >= 0.3 is 0 Å². The molecule has 21 heavy (non-hydrogen) atoms. The summed E-state index contributed by atoms with van der Waals surface area (Å²) in [4.78, 5) is 4.49. The van der Waals surface area contributed by atoms with Crippen molar-refractivity contribution in [2.75, 3.05) is 5.73 Å². The second-order valence-electron chi connectivity index (χ2n) is 4.72. The highest BCUT2D eigenvalue weighted by Gasteiger charge is 2.18. The van der Waals surface area contributed by atoms with E-state index in [4.69, 9.17) is 17.3 Å². The van der Waals surface area contributed by atoms with Crippen molar-refractivity contribution >= 4 is 17.4 Å². The highest BCUT2D eigenvalue weighted by molar-refractivity contribution is 6.30. The topological polar surface area (TPSA) is 43.8 Å². The number of anilines is 1. The molecule has 5 heteroatoms. The van der Waals surface area contributed by atoms with Crippen LogP contribution in [0.25, 0.3) is 22.6 Å². The van der Waals surface area contributed by atoms with Crippen molar-refractivity contribution in [3.05, 3.63) is 59.4 Å². The van der Waals surface area contributed by atoms with Crippen LogP contribution in [0.3, 0.4) is 0 Å².